The molecule has 2 atom stereocenters. The number of anilines is 1. The van der Waals surface area contributed by atoms with Gasteiger partial charge in [0.2, 0.25) is 11.8 Å². The van der Waals surface area contributed by atoms with Gasteiger partial charge < -0.3 is 16.4 Å². The van der Waals surface area contributed by atoms with Gasteiger partial charge in [-0.15, -0.1) is 0 Å². The number of rotatable bonds is 5. The largest absolute Gasteiger partial charge is 0.353 e. The minimum absolute atomic E-state index is 0.0946. The summed E-state index contributed by atoms with van der Waals surface area (Å²) in [7, 11) is 0. The zero-order valence-corrected chi connectivity index (χ0v) is 15.2. The molecule has 0 aromatic heterocycles. The lowest BCUT2D eigenvalue weighted by molar-refractivity contribution is -0.122. The second-order valence-electron chi connectivity index (χ2n) is 8.41. The van der Waals surface area contributed by atoms with Crippen molar-refractivity contribution in [3.63, 3.8) is 0 Å². The van der Waals surface area contributed by atoms with Crippen molar-refractivity contribution in [2.45, 2.75) is 63.5 Å². The van der Waals surface area contributed by atoms with Gasteiger partial charge in [0.1, 0.15) is 0 Å². The molecular formula is C21H29N3O2. The smallest absolute Gasteiger partial charge is 0.227 e. The van der Waals surface area contributed by atoms with Crippen molar-refractivity contribution in [1.29, 1.82) is 0 Å². The monoisotopic (exact) mass is 355 g/mol. The highest BCUT2D eigenvalue weighted by molar-refractivity contribution is 5.94. The van der Waals surface area contributed by atoms with Crippen molar-refractivity contribution in [1.82, 2.24) is 5.32 Å². The molecule has 3 aliphatic rings. The van der Waals surface area contributed by atoms with Gasteiger partial charge in [-0.25, -0.2) is 0 Å². The van der Waals surface area contributed by atoms with Gasteiger partial charge in [0.05, 0.1) is 6.42 Å². The number of hydrogen-bond donors (Lipinski definition) is 3. The number of nitrogens with two attached hydrogens (primary N) is 1. The summed E-state index contributed by atoms with van der Waals surface area (Å²) in [6.45, 7) is 0. The molecule has 0 radical (unpaired) electrons. The van der Waals surface area contributed by atoms with Crippen LogP contribution in [0.1, 0.15) is 50.5 Å². The maximum absolute atomic E-state index is 12.5. The first kappa shape index (κ1) is 17.5. The van der Waals surface area contributed by atoms with Crippen LogP contribution in [0.2, 0.25) is 0 Å². The summed E-state index contributed by atoms with van der Waals surface area (Å²) in [4.78, 5) is 24.3. The van der Waals surface area contributed by atoms with Crippen molar-refractivity contribution >= 4 is 17.5 Å². The predicted molar refractivity (Wildman–Crippen MR) is 101 cm³/mol. The molecule has 0 aliphatic heterocycles. The molecule has 1 aromatic carbocycles. The van der Waals surface area contributed by atoms with Gasteiger partial charge in [-0.2, -0.15) is 0 Å². The SMILES string of the molecule is NC1CC2CCCC(C1)C2NC(=O)Cc1ccc(NC(=O)C2CC2)cc1. The van der Waals surface area contributed by atoms with Crippen LogP contribution in [0.4, 0.5) is 5.69 Å². The zero-order valence-electron chi connectivity index (χ0n) is 15.2. The Balaban J connectivity index is 1.31. The van der Waals surface area contributed by atoms with Crippen LogP contribution in [0.15, 0.2) is 24.3 Å². The van der Waals surface area contributed by atoms with E-state index in [0.717, 1.165) is 36.9 Å². The van der Waals surface area contributed by atoms with E-state index in [1.165, 1.54) is 19.3 Å². The summed E-state index contributed by atoms with van der Waals surface area (Å²) in [5.74, 6) is 1.49. The van der Waals surface area contributed by atoms with Gasteiger partial charge in [-0.1, -0.05) is 18.6 Å². The van der Waals surface area contributed by atoms with E-state index in [1.807, 2.05) is 24.3 Å². The molecule has 140 valence electrons. The first-order valence-electron chi connectivity index (χ1n) is 10.0. The second kappa shape index (κ2) is 7.39. The van der Waals surface area contributed by atoms with E-state index in [0.29, 0.717) is 30.3 Å². The fourth-order valence-corrected chi connectivity index (χ4v) is 4.74. The molecule has 26 heavy (non-hydrogen) atoms. The Kier molecular flexibility index (Phi) is 4.98. The van der Waals surface area contributed by atoms with E-state index in [-0.39, 0.29) is 17.7 Å². The molecule has 4 N–H and O–H groups in total. The lowest BCUT2D eigenvalue weighted by atomic mass is 9.67. The van der Waals surface area contributed by atoms with E-state index < -0.39 is 0 Å². The van der Waals surface area contributed by atoms with Crippen LogP contribution in [0.3, 0.4) is 0 Å². The summed E-state index contributed by atoms with van der Waals surface area (Å²) in [5.41, 5.74) is 7.95. The Morgan fingerprint density at radius 1 is 1.00 bits per heavy atom. The molecule has 1 aromatic rings. The van der Waals surface area contributed by atoms with E-state index in [1.54, 1.807) is 0 Å². The van der Waals surface area contributed by atoms with E-state index in [9.17, 15) is 9.59 Å². The molecule has 2 bridgehead atoms. The third-order valence-corrected chi connectivity index (χ3v) is 6.24. The molecule has 5 heteroatoms. The van der Waals surface area contributed by atoms with E-state index >= 15 is 0 Å². The Morgan fingerprint density at radius 2 is 1.65 bits per heavy atom. The minimum Gasteiger partial charge on any atom is -0.353 e. The van der Waals surface area contributed by atoms with Crippen LogP contribution in [0.5, 0.6) is 0 Å². The summed E-state index contributed by atoms with van der Waals surface area (Å²) >= 11 is 0. The summed E-state index contributed by atoms with van der Waals surface area (Å²) in [6, 6.07) is 8.23. The van der Waals surface area contributed by atoms with Gasteiger partial charge in [0.15, 0.2) is 0 Å². The minimum atomic E-state index is 0.0946. The van der Waals surface area contributed by atoms with Gasteiger partial charge in [0.25, 0.3) is 0 Å². The van der Waals surface area contributed by atoms with Crippen LogP contribution >= 0.6 is 0 Å². The van der Waals surface area contributed by atoms with Gasteiger partial charge in [0, 0.05) is 23.7 Å². The van der Waals surface area contributed by atoms with Crippen LogP contribution < -0.4 is 16.4 Å². The fourth-order valence-electron chi connectivity index (χ4n) is 4.74. The van der Waals surface area contributed by atoms with Gasteiger partial charge in [-0.3, -0.25) is 9.59 Å². The van der Waals surface area contributed by atoms with Crippen molar-refractivity contribution in [3.05, 3.63) is 29.8 Å². The molecule has 2 unspecified atom stereocenters. The molecule has 3 aliphatic carbocycles. The number of hydrogen-bond acceptors (Lipinski definition) is 3. The fraction of sp³-hybridized carbons (Fsp3) is 0.619. The summed E-state index contributed by atoms with van der Waals surface area (Å²) in [5, 5.41) is 6.23. The molecule has 0 heterocycles. The predicted octanol–water partition coefficient (Wildman–Crippen LogP) is 2.60. The highest BCUT2D eigenvalue weighted by Gasteiger charge is 2.39. The lowest BCUT2D eigenvalue weighted by Gasteiger charge is -2.45. The third kappa shape index (κ3) is 4.09. The Bertz CT molecular complexity index is 654. The molecule has 5 nitrogen and oxygen atoms in total. The maximum Gasteiger partial charge on any atom is 0.227 e. The Labute approximate surface area is 155 Å². The molecule has 3 saturated carbocycles. The molecule has 0 saturated heterocycles. The standard InChI is InChI=1S/C21H29N3O2/c22-17-11-15-2-1-3-16(12-17)20(15)24-19(25)10-13-4-8-18(9-5-13)23-21(26)14-6-7-14/h4-5,8-9,14-17,20H,1-3,6-7,10-12,22H2,(H,23,26)(H,24,25). The Hall–Kier alpha value is -1.88. The zero-order chi connectivity index (χ0) is 18.1. The van der Waals surface area contributed by atoms with Gasteiger partial charge >= 0.3 is 0 Å². The highest BCUT2D eigenvalue weighted by Crippen LogP contribution is 2.39. The normalized spacial score (nSPS) is 30.5. The average molecular weight is 355 g/mol. The number of nitrogens with one attached hydrogen (secondary N) is 2. The molecular weight excluding hydrogens is 326 g/mol. The molecule has 0 spiro atoms. The van der Waals surface area contributed by atoms with Crippen molar-refractivity contribution in [2.75, 3.05) is 5.32 Å². The van der Waals surface area contributed by atoms with E-state index in [4.69, 9.17) is 5.73 Å². The highest BCUT2D eigenvalue weighted by atomic mass is 16.2. The number of benzene rings is 1. The quantitative estimate of drug-likeness (QED) is 0.759. The number of fused-ring (bicyclic) bond motifs is 2. The summed E-state index contributed by atoms with van der Waals surface area (Å²) < 4.78 is 0. The van der Waals surface area contributed by atoms with Crippen LogP contribution in [-0.2, 0) is 16.0 Å². The van der Waals surface area contributed by atoms with Crippen LogP contribution in [0, 0.1) is 17.8 Å². The van der Waals surface area contributed by atoms with Crippen LogP contribution in [0.25, 0.3) is 0 Å². The first-order chi connectivity index (χ1) is 12.6. The maximum atomic E-state index is 12.5. The second-order valence-corrected chi connectivity index (χ2v) is 8.41. The lowest BCUT2D eigenvalue weighted by Crippen LogP contribution is -2.54. The Morgan fingerprint density at radius 3 is 2.27 bits per heavy atom. The average Bonchev–Trinajstić information content (AvgIpc) is 3.42. The molecule has 3 fully saturated rings. The number of carbonyl (C=O) groups excluding carboxylic acids is 2. The molecule has 2 amide bonds. The number of carbonyl (C=O) groups is 2. The van der Waals surface area contributed by atoms with Crippen molar-refractivity contribution in [3.8, 4) is 0 Å². The van der Waals surface area contributed by atoms with Gasteiger partial charge in [-0.05, 0) is 68.1 Å². The van der Waals surface area contributed by atoms with Crippen LogP contribution in [-0.4, -0.2) is 23.9 Å². The third-order valence-electron chi connectivity index (χ3n) is 6.24. The van der Waals surface area contributed by atoms with E-state index in [2.05, 4.69) is 10.6 Å². The first-order valence-corrected chi connectivity index (χ1v) is 10.0. The van der Waals surface area contributed by atoms with Crippen molar-refractivity contribution in [2.24, 2.45) is 23.5 Å². The topological polar surface area (TPSA) is 84.2 Å². The summed E-state index contributed by atoms with van der Waals surface area (Å²) in [6.07, 6.45) is 8.10. The van der Waals surface area contributed by atoms with Crippen molar-refractivity contribution < 1.29 is 9.59 Å². The number of amides is 2. The molecule has 4 rings (SSSR count).